The lowest BCUT2D eigenvalue weighted by Gasteiger charge is -2.37. The quantitative estimate of drug-likeness (QED) is 0.867. The minimum absolute atomic E-state index is 0.277. The molecule has 4 heteroatoms. The molecular formula is C20H29N3O. The molecule has 130 valence electrons. The van der Waals surface area contributed by atoms with Crippen LogP contribution in [-0.2, 0) is 6.42 Å². The van der Waals surface area contributed by atoms with Gasteiger partial charge in [0.05, 0.1) is 6.04 Å². The molecule has 0 aliphatic carbocycles. The van der Waals surface area contributed by atoms with Crippen LogP contribution in [0.4, 0.5) is 0 Å². The predicted octanol–water partition coefficient (Wildman–Crippen LogP) is 4.11. The molecular weight excluding hydrogens is 298 g/mol. The predicted molar refractivity (Wildman–Crippen MR) is 96.9 cm³/mol. The second kappa shape index (κ2) is 7.95. The number of hydrogen-bond donors (Lipinski definition) is 1. The number of hydrogen-bond acceptors (Lipinski definition) is 4. The highest BCUT2D eigenvalue weighted by Gasteiger charge is 2.25. The number of aromatic nitrogens is 1. The SMILES string of the molecule is CCc1ccc([C@@H](C)NC2CCN([C@H](C)c3ccncc3)CC2)o1. The number of nitrogens with one attached hydrogen (secondary N) is 1. The van der Waals surface area contributed by atoms with Crippen LogP contribution in [0.2, 0.25) is 0 Å². The van der Waals surface area contributed by atoms with Gasteiger partial charge in [-0.05, 0) is 56.5 Å². The molecule has 0 amide bonds. The Morgan fingerprint density at radius 2 is 1.88 bits per heavy atom. The van der Waals surface area contributed by atoms with Crippen LogP contribution >= 0.6 is 0 Å². The summed E-state index contributed by atoms with van der Waals surface area (Å²) >= 11 is 0. The Labute approximate surface area is 145 Å². The molecule has 0 unspecified atom stereocenters. The zero-order chi connectivity index (χ0) is 16.9. The topological polar surface area (TPSA) is 41.3 Å². The van der Waals surface area contributed by atoms with E-state index < -0.39 is 0 Å². The summed E-state index contributed by atoms with van der Waals surface area (Å²) in [5.74, 6) is 2.12. The Morgan fingerprint density at radius 3 is 2.50 bits per heavy atom. The number of aryl methyl sites for hydroxylation is 1. The molecule has 2 aromatic rings. The summed E-state index contributed by atoms with van der Waals surface area (Å²) in [6.07, 6.45) is 7.09. The van der Waals surface area contributed by atoms with Gasteiger partial charge in [0.2, 0.25) is 0 Å². The molecule has 1 N–H and O–H groups in total. The Balaban J connectivity index is 1.50. The molecule has 0 spiro atoms. The molecule has 0 radical (unpaired) electrons. The summed E-state index contributed by atoms with van der Waals surface area (Å²) < 4.78 is 5.87. The minimum atomic E-state index is 0.277. The van der Waals surface area contributed by atoms with Crippen molar-refractivity contribution in [3.05, 3.63) is 53.7 Å². The van der Waals surface area contributed by atoms with Gasteiger partial charge in [0.25, 0.3) is 0 Å². The molecule has 3 heterocycles. The number of nitrogens with zero attached hydrogens (tertiary/aromatic N) is 2. The fraction of sp³-hybridized carbons (Fsp3) is 0.550. The van der Waals surface area contributed by atoms with E-state index in [0.717, 1.165) is 31.0 Å². The van der Waals surface area contributed by atoms with E-state index in [0.29, 0.717) is 12.1 Å². The van der Waals surface area contributed by atoms with Crippen LogP contribution in [0.5, 0.6) is 0 Å². The molecule has 1 aliphatic heterocycles. The van der Waals surface area contributed by atoms with Crippen LogP contribution in [0.1, 0.15) is 62.8 Å². The molecule has 1 saturated heterocycles. The zero-order valence-electron chi connectivity index (χ0n) is 15.0. The largest absolute Gasteiger partial charge is 0.464 e. The van der Waals surface area contributed by atoms with Crippen LogP contribution in [0.15, 0.2) is 41.1 Å². The van der Waals surface area contributed by atoms with Crippen molar-refractivity contribution in [3.63, 3.8) is 0 Å². The van der Waals surface area contributed by atoms with Crippen molar-refractivity contribution >= 4 is 0 Å². The summed E-state index contributed by atoms with van der Waals surface area (Å²) in [6, 6.07) is 9.75. The van der Waals surface area contributed by atoms with E-state index in [1.165, 1.54) is 18.4 Å². The highest BCUT2D eigenvalue weighted by atomic mass is 16.3. The van der Waals surface area contributed by atoms with Crippen molar-refractivity contribution in [2.75, 3.05) is 13.1 Å². The summed E-state index contributed by atoms with van der Waals surface area (Å²) in [5.41, 5.74) is 1.35. The van der Waals surface area contributed by atoms with Gasteiger partial charge in [-0.3, -0.25) is 9.88 Å². The minimum Gasteiger partial charge on any atom is -0.464 e. The van der Waals surface area contributed by atoms with Crippen LogP contribution in [0.3, 0.4) is 0 Å². The Bertz CT molecular complexity index is 617. The molecule has 24 heavy (non-hydrogen) atoms. The molecule has 0 aromatic carbocycles. The Morgan fingerprint density at radius 1 is 1.17 bits per heavy atom. The number of piperidine rings is 1. The highest BCUT2D eigenvalue weighted by molar-refractivity contribution is 5.14. The molecule has 1 fully saturated rings. The summed E-state index contributed by atoms with van der Waals surface area (Å²) in [5, 5.41) is 3.74. The number of rotatable bonds is 6. The van der Waals surface area contributed by atoms with Crippen molar-refractivity contribution in [2.24, 2.45) is 0 Å². The lowest BCUT2D eigenvalue weighted by Crippen LogP contribution is -2.44. The normalized spacial score (nSPS) is 19.3. The molecule has 2 aromatic heterocycles. The average molecular weight is 327 g/mol. The van der Waals surface area contributed by atoms with Crippen LogP contribution in [-0.4, -0.2) is 29.0 Å². The van der Waals surface area contributed by atoms with E-state index in [-0.39, 0.29) is 6.04 Å². The maximum Gasteiger partial charge on any atom is 0.120 e. The molecule has 0 saturated carbocycles. The second-order valence-electron chi connectivity index (χ2n) is 6.81. The highest BCUT2D eigenvalue weighted by Crippen LogP contribution is 2.25. The monoisotopic (exact) mass is 327 g/mol. The second-order valence-corrected chi connectivity index (χ2v) is 6.81. The van der Waals surface area contributed by atoms with Gasteiger partial charge < -0.3 is 9.73 Å². The molecule has 3 rings (SSSR count). The fourth-order valence-corrected chi connectivity index (χ4v) is 3.56. The number of furan rings is 1. The number of likely N-dealkylation sites (tertiary alicyclic amines) is 1. The molecule has 2 atom stereocenters. The summed E-state index contributed by atoms with van der Waals surface area (Å²) in [6.45, 7) is 8.88. The van der Waals surface area contributed by atoms with Crippen molar-refractivity contribution in [3.8, 4) is 0 Å². The summed E-state index contributed by atoms with van der Waals surface area (Å²) in [4.78, 5) is 6.69. The van der Waals surface area contributed by atoms with Gasteiger partial charge in [0, 0.05) is 44.0 Å². The molecule has 1 aliphatic rings. The maximum absolute atomic E-state index is 5.87. The van der Waals surface area contributed by atoms with E-state index in [9.17, 15) is 0 Å². The third-order valence-electron chi connectivity index (χ3n) is 5.21. The van der Waals surface area contributed by atoms with E-state index in [1.54, 1.807) is 0 Å². The average Bonchev–Trinajstić information content (AvgIpc) is 3.12. The fourth-order valence-electron chi connectivity index (χ4n) is 3.56. The number of pyridine rings is 1. The standard InChI is InChI=1S/C20H29N3O/c1-4-19-5-6-20(24-19)15(2)22-18-9-13-23(14-10-18)16(3)17-7-11-21-12-8-17/h5-8,11-12,15-16,18,22H,4,9-10,13-14H2,1-3H3/t15-,16-/m1/s1. The van der Waals surface area contributed by atoms with Gasteiger partial charge in [0.1, 0.15) is 11.5 Å². The van der Waals surface area contributed by atoms with E-state index in [2.05, 4.69) is 60.2 Å². The van der Waals surface area contributed by atoms with Crippen LogP contribution in [0, 0.1) is 0 Å². The van der Waals surface area contributed by atoms with E-state index in [1.807, 2.05) is 12.4 Å². The van der Waals surface area contributed by atoms with Gasteiger partial charge in [-0.2, -0.15) is 0 Å². The molecule has 0 bridgehead atoms. The van der Waals surface area contributed by atoms with E-state index in [4.69, 9.17) is 4.42 Å². The van der Waals surface area contributed by atoms with Crippen molar-refractivity contribution in [1.29, 1.82) is 0 Å². The first kappa shape index (κ1) is 17.2. The Kier molecular flexibility index (Phi) is 5.69. The third-order valence-corrected chi connectivity index (χ3v) is 5.21. The first-order valence-electron chi connectivity index (χ1n) is 9.16. The van der Waals surface area contributed by atoms with Gasteiger partial charge in [-0.25, -0.2) is 0 Å². The van der Waals surface area contributed by atoms with Crippen molar-refractivity contribution in [1.82, 2.24) is 15.2 Å². The lowest BCUT2D eigenvalue weighted by atomic mass is 10.00. The van der Waals surface area contributed by atoms with Crippen LogP contribution in [0.25, 0.3) is 0 Å². The van der Waals surface area contributed by atoms with Crippen molar-refractivity contribution in [2.45, 2.75) is 58.2 Å². The molecule has 4 nitrogen and oxygen atoms in total. The van der Waals surface area contributed by atoms with Gasteiger partial charge in [-0.1, -0.05) is 6.92 Å². The first-order chi connectivity index (χ1) is 11.7. The van der Waals surface area contributed by atoms with Gasteiger partial charge >= 0.3 is 0 Å². The van der Waals surface area contributed by atoms with Gasteiger partial charge in [0.15, 0.2) is 0 Å². The zero-order valence-corrected chi connectivity index (χ0v) is 15.0. The van der Waals surface area contributed by atoms with Crippen molar-refractivity contribution < 1.29 is 4.42 Å². The third kappa shape index (κ3) is 4.05. The van der Waals surface area contributed by atoms with Gasteiger partial charge in [-0.15, -0.1) is 0 Å². The maximum atomic E-state index is 5.87. The Hall–Kier alpha value is -1.65. The first-order valence-corrected chi connectivity index (χ1v) is 9.16. The lowest BCUT2D eigenvalue weighted by molar-refractivity contribution is 0.147. The smallest absolute Gasteiger partial charge is 0.120 e. The van der Waals surface area contributed by atoms with E-state index >= 15 is 0 Å². The summed E-state index contributed by atoms with van der Waals surface area (Å²) in [7, 11) is 0. The van der Waals surface area contributed by atoms with Crippen LogP contribution < -0.4 is 5.32 Å².